The van der Waals surface area contributed by atoms with Crippen molar-refractivity contribution in [1.29, 1.82) is 0 Å². The fourth-order valence-electron chi connectivity index (χ4n) is 2.06. The van der Waals surface area contributed by atoms with E-state index in [1.165, 1.54) is 30.4 Å². The first-order valence-corrected chi connectivity index (χ1v) is 6.25. The number of rotatable bonds is 4. The average molecular weight is 216 g/mol. The maximum atomic E-state index is 5.80. The molecule has 0 aromatic heterocycles. The zero-order valence-electron chi connectivity index (χ0n) is 9.99. The van der Waals surface area contributed by atoms with Gasteiger partial charge in [0.1, 0.15) is 0 Å². The minimum absolute atomic E-state index is 0.284. The smallest absolute Gasteiger partial charge is 0.0800 e. The minimum Gasteiger partial charge on any atom is -0.369 e. The van der Waals surface area contributed by atoms with Crippen LogP contribution >= 0.6 is 0 Å². The maximum Gasteiger partial charge on any atom is 0.0800 e. The first-order chi connectivity index (χ1) is 7.90. The van der Waals surface area contributed by atoms with Gasteiger partial charge in [-0.15, -0.1) is 0 Å². The van der Waals surface area contributed by atoms with Crippen molar-refractivity contribution < 1.29 is 4.74 Å². The van der Waals surface area contributed by atoms with Gasteiger partial charge in [-0.2, -0.15) is 0 Å². The van der Waals surface area contributed by atoms with Crippen molar-refractivity contribution >= 4 is 0 Å². The Morgan fingerprint density at radius 3 is 2.94 bits per heavy atom. The Morgan fingerprint density at radius 1 is 1.31 bits per heavy atom. The van der Waals surface area contributed by atoms with Crippen molar-refractivity contribution in [2.75, 3.05) is 0 Å². The largest absolute Gasteiger partial charge is 0.369 e. The van der Waals surface area contributed by atoms with Gasteiger partial charge in [0.2, 0.25) is 0 Å². The molecule has 1 aromatic rings. The zero-order valence-corrected chi connectivity index (χ0v) is 9.99. The van der Waals surface area contributed by atoms with Crippen LogP contribution in [-0.4, -0.2) is 6.10 Å². The second kappa shape index (κ2) is 5.86. The van der Waals surface area contributed by atoms with Gasteiger partial charge in [0.25, 0.3) is 0 Å². The molecule has 0 saturated carbocycles. The second-order valence-corrected chi connectivity index (χ2v) is 4.39. The molecule has 1 nitrogen and oxygen atoms in total. The number of hydrogen-bond acceptors (Lipinski definition) is 1. The number of allylic oxidation sites excluding steroid dienone is 1. The predicted molar refractivity (Wildman–Crippen MR) is 67.4 cm³/mol. The third-order valence-electron chi connectivity index (χ3n) is 3.07. The molecule has 0 spiro atoms. The summed E-state index contributed by atoms with van der Waals surface area (Å²) < 4.78 is 5.80. The van der Waals surface area contributed by atoms with Crippen LogP contribution in [0.4, 0.5) is 0 Å². The molecule has 0 amide bonds. The highest BCUT2D eigenvalue weighted by molar-refractivity contribution is 5.29. The molecular weight excluding hydrogens is 196 g/mol. The van der Waals surface area contributed by atoms with E-state index in [9.17, 15) is 0 Å². The van der Waals surface area contributed by atoms with E-state index in [0.29, 0.717) is 0 Å². The van der Waals surface area contributed by atoms with E-state index in [1.54, 1.807) is 0 Å². The number of hydrogen-bond donors (Lipinski definition) is 0. The van der Waals surface area contributed by atoms with E-state index in [4.69, 9.17) is 4.74 Å². The number of ether oxygens (including phenoxy) is 1. The molecule has 2 rings (SSSR count). The summed E-state index contributed by atoms with van der Waals surface area (Å²) in [4.78, 5) is 0. The van der Waals surface area contributed by atoms with Crippen LogP contribution < -0.4 is 0 Å². The van der Waals surface area contributed by atoms with Gasteiger partial charge >= 0.3 is 0 Å². The Labute approximate surface area is 98.1 Å². The molecule has 0 saturated heterocycles. The van der Waals surface area contributed by atoms with Gasteiger partial charge in [-0.25, -0.2) is 0 Å². The molecule has 0 radical (unpaired) electrons. The Kier molecular flexibility index (Phi) is 4.17. The van der Waals surface area contributed by atoms with E-state index in [0.717, 1.165) is 13.0 Å². The highest BCUT2D eigenvalue weighted by atomic mass is 16.5. The topological polar surface area (TPSA) is 9.23 Å². The lowest BCUT2D eigenvalue weighted by atomic mass is 9.99. The lowest BCUT2D eigenvalue weighted by Gasteiger charge is -2.22. The molecule has 1 heterocycles. The van der Waals surface area contributed by atoms with Crippen LogP contribution in [-0.2, 0) is 17.8 Å². The fourth-order valence-corrected chi connectivity index (χ4v) is 2.06. The summed E-state index contributed by atoms with van der Waals surface area (Å²) in [6.45, 7) is 2.99. The highest BCUT2D eigenvalue weighted by Gasteiger charge is 2.15. The molecule has 16 heavy (non-hydrogen) atoms. The van der Waals surface area contributed by atoms with Gasteiger partial charge in [0.05, 0.1) is 12.7 Å². The van der Waals surface area contributed by atoms with Crippen molar-refractivity contribution in [1.82, 2.24) is 0 Å². The van der Waals surface area contributed by atoms with Crippen LogP contribution in [0.5, 0.6) is 0 Å². The van der Waals surface area contributed by atoms with Gasteiger partial charge in [0.15, 0.2) is 0 Å². The SMILES string of the molecule is CCCCC=CC1Cc2ccccc2CO1. The molecular formula is C15H20O. The van der Waals surface area contributed by atoms with Crippen LogP contribution in [0.3, 0.4) is 0 Å². The van der Waals surface area contributed by atoms with E-state index in [2.05, 4.69) is 43.3 Å². The standard InChI is InChI=1S/C15H20O/c1-2-3-4-5-10-15-11-13-8-6-7-9-14(13)12-16-15/h5-10,15H,2-4,11-12H2,1H3. The molecule has 1 aromatic carbocycles. The highest BCUT2D eigenvalue weighted by Crippen LogP contribution is 2.20. The molecule has 0 aliphatic carbocycles. The van der Waals surface area contributed by atoms with Crippen LogP contribution in [0.15, 0.2) is 36.4 Å². The number of unbranched alkanes of at least 4 members (excludes halogenated alkanes) is 2. The number of benzene rings is 1. The summed E-state index contributed by atoms with van der Waals surface area (Å²) in [5.74, 6) is 0. The van der Waals surface area contributed by atoms with Gasteiger partial charge in [-0.3, -0.25) is 0 Å². The molecule has 0 N–H and O–H groups in total. The fraction of sp³-hybridized carbons (Fsp3) is 0.467. The lowest BCUT2D eigenvalue weighted by molar-refractivity contribution is 0.0594. The zero-order chi connectivity index (χ0) is 11.2. The minimum atomic E-state index is 0.284. The molecule has 0 fully saturated rings. The first kappa shape index (κ1) is 11.4. The molecule has 86 valence electrons. The maximum absolute atomic E-state index is 5.80. The Bertz CT molecular complexity index is 354. The summed E-state index contributed by atoms with van der Waals surface area (Å²) in [5.41, 5.74) is 2.79. The number of fused-ring (bicyclic) bond motifs is 1. The Morgan fingerprint density at radius 2 is 2.12 bits per heavy atom. The van der Waals surface area contributed by atoms with Crippen molar-refractivity contribution in [3.63, 3.8) is 0 Å². The Balaban J connectivity index is 1.90. The van der Waals surface area contributed by atoms with Crippen LogP contribution in [0.1, 0.15) is 37.3 Å². The predicted octanol–water partition coefficient (Wildman–Crippen LogP) is 3.87. The molecule has 1 aliphatic heterocycles. The third-order valence-corrected chi connectivity index (χ3v) is 3.07. The monoisotopic (exact) mass is 216 g/mol. The average Bonchev–Trinajstić information content (AvgIpc) is 2.34. The van der Waals surface area contributed by atoms with Crippen molar-refractivity contribution in [2.45, 2.75) is 45.3 Å². The van der Waals surface area contributed by atoms with Gasteiger partial charge in [-0.05, 0) is 17.5 Å². The van der Waals surface area contributed by atoms with E-state index >= 15 is 0 Å². The third kappa shape index (κ3) is 2.96. The van der Waals surface area contributed by atoms with Crippen LogP contribution in [0, 0.1) is 0 Å². The molecule has 1 unspecified atom stereocenters. The second-order valence-electron chi connectivity index (χ2n) is 4.39. The molecule has 0 bridgehead atoms. The van der Waals surface area contributed by atoms with E-state index < -0.39 is 0 Å². The van der Waals surface area contributed by atoms with Crippen molar-refractivity contribution in [3.05, 3.63) is 47.5 Å². The summed E-state index contributed by atoms with van der Waals surface area (Å²) in [7, 11) is 0. The van der Waals surface area contributed by atoms with Crippen LogP contribution in [0.25, 0.3) is 0 Å². The van der Waals surface area contributed by atoms with E-state index in [1.807, 2.05) is 0 Å². The summed E-state index contributed by atoms with van der Waals surface area (Å²) in [6.07, 6.45) is 9.52. The van der Waals surface area contributed by atoms with E-state index in [-0.39, 0.29) is 6.10 Å². The van der Waals surface area contributed by atoms with Crippen molar-refractivity contribution in [3.8, 4) is 0 Å². The quantitative estimate of drug-likeness (QED) is 0.548. The molecule has 1 heteroatoms. The lowest BCUT2D eigenvalue weighted by Crippen LogP contribution is -2.19. The van der Waals surface area contributed by atoms with Gasteiger partial charge in [0, 0.05) is 6.42 Å². The van der Waals surface area contributed by atoms with Crippen molar-refractivity contribution in [2.24, 2.45) is 0 Å². The van der Waals surface area contributed by atoms with Crippen LogP contribution in [0.2, 0.25) is 0 Å². The van der Waals surface area contributed by atoms with Gasteiger partial charge in [-0.1, -0.05) is 56.2 Å². The normalized spacial score (nSPS) is 19.9. The molecule has 1 atom stereocenters. The summed E-state index contributed by atoms with van der Waals surface area (Å²) in [6, 6.07) is 8.57. The summed E-state index contributed by atoms with van der Waals surface area (Å²) in [5, 5.41) is 0. The Hall–Kier alpha value is -1.08. The molecule has 1 aliphatic rings. The van der Waals surface area contributed by atoms with Gasteiger partial charge < -0.3 is 4.74 Å². The summed E-state index contributed by atoms with van der Waals surface area (Å²) >= 11 is 0. The first-order valence-electron chi connectivity index (χ1n) is 6.25.